The van der Waals surface area contributed by atoms with Gasteiger partial charge >= 0.3 is 37.7 Å². The molecule has 1 rings (SSSR count). The third kappa shape index (κ3) is 11.1. The van der Waals surface area contributed by atoms with E-state index in [1.807, 2.05) is 0 Å². The first kappa shape index (κ1) is 9.44. The van der Waals surface area contributed by atoms with E-state index in [9.17, 15) is 0 Å². The minimum atomic E-state index is 0. The van der Waals surface area contributed by atoms with E-state index in [1.54, 1.807) is 0 Å². The van der Waals surface area contributed by atoms with Crippen LogP contribution >= 0.6 is 8.59 Å². The third-order valence-corrected chi connectivity index (χ3v) is 0.306. The second kappa shape index (κ2) is 5.09. The predicted octanol–water partition coefficient (Wildman–Crippen LogP) is -0.658. The summed E-state index contributed by atoms with van der Waals surface area (Å²) >= 11 is 0. The maximum Gasteiger partial charge on any atom is 0.162 e. The second-order valence-electron chi connectivity index (χ2n) is 0.306. The summed E-state index contributed by atoms with van der Waals surface area (Å²) in [6.07, 6.45) is 0. The van der Waals surface area contributed by atoms with E-state index in [-0.39, 0.29) is 37.7 Å². The molecule has 5 heavy (non-hydrogen) atoms. The Morgan fingerprint density at radius 2 is 1.60 bits per heavy atom. The van der Waals surface area contributed by atoms with E-state index >= 15 is 0 Å². The fourth-order valence-corrected chi connectivity index (χ4v) is 0. The van der Waals surface area contributed by atoms with Crippen molar-refractivity contribution in [3.05, 3.63) is 0 Å². The fraction of sp³-hybridized carbons (Fsp3) is 0. The molecule has 0 aliphatic heterocycles. The van der Waals surface area contributed by atoms with Crippen molar-refractivity contribution >= 4 is 46.3 Å². The Labute approximate surface area is 55.6 Å². The van der Waals surface area contributed by atoms with Crippen molar-refractivity contribution in [1.29, 1.82) is 0 Å². The first-order valence-corrected chi connectivity index (χ1v) is 1.57. The molecule has 0 saturated heterocycles. The molecule has 1 aromatic heterocycles. The minimum Gasteiger partial charge on any atom is -0.354 e. The number of aromatic nitrogens is 1. The van der Waals surface area contributed by atoms with Crippen LogP contribution in [0.3, 0.4) is 0 Å². The van der Waals surface area contributed by atoms with Gasteiger partial charge in [-0.15, -0.1) is 0 Å². The molecule has 1 atom stereocenters. The molecule has 0 spiro atoms. The van der Waals surface area contributed by atoms with Crippen LogP contribution in [-0.2, 0) is 0 Å². The van der Waals surface area contributed by atoms with Crippen molar-refractivity contribution in [3.63, 3.8) is 0 Å². The number of hydrogen-bond donors (Lipinski definition) is 1. The van der Waals surface area contributed by atoms with Crippen LogP contribution in [0.4, 0.5) is 0 Å². The zero-order chi connectivity index (χ0) is 2.12. The van der Waals surface area contributed by atoms with Crippen molar-refractivity contribution in [2.75, 3.05) is 0 Å². The molecule has 1 N–H and O–H groups in total. The smallest absolute Gasteiger partial charge is 0.162 e. The average molecular weight is 78.9 g/mol. The zero-order valence-corrected chi connectivity index (χ0v) is 2.41. The van der Waals surface area contributed by atoms with Gasteiger partial charge in [0.25, 0.3) is 0 Å². The van der Waals surface area contributed by atoms with Crippen molar-refractivity contribution in [1.82, 2.24) is 4.92 Å². The van der Waals surface area contributed by atoms with Crippen molar-refractivity contribution in [3.8, 4) is 0 Å². The van der Waals surface area contributed by atoms with Gasteiger partial charge < -0.3 is 4.30 Å². The molecule has 1 heterocycles. The van der Waals surface area contributed by atoms with E-state index in [0.717, 1.165) is 0 Å². The van der Waals surface area contributed by atoms with E-state index in [4.69, 9.17) is 0 Å². The van der Waals surface area contributed by atoms with E-state index in [2.05, 4.69) is 9.22 Å². The predicted molar refractivity (Wildman–Crippen MR) is 26.9 cm³/mol. The third-order valence-electron chi connectivity index (χ3n) is 0.102. The standard InChI is InChI=1S/2Li.H2NOP.2H/c;;1-2-3-1;;/h;;1,3H;;. The summed E-state index contributed by atoms with van der Waals surface area (Å²) in [5, 5.41) is 0. The summed E-state index contributed by atoms with van der Waals surface area (Å²) < 4.78 is 4.28. The van der Waals surface area contributed by atoms with E-state index in [1.165, 1.54) is 0 Å². The van der Waals surface area contributed by atoms with E-state index < -0.39 is 0 Å². The molecule has 0 aromatic carbocycles. The SMILES string of the molecule is [LiH].[LiH].[nH]1o[pH]1. The van der Waals surface area contributed by atoms with Crippen LogP contribution in [0.5, 0.6) is 0 Å². The molecule has 0 fully saturated rings. The number of aromatic amines is 1. The van der Waals surface area contributed by atoms with Crippen molar-refractivity contribution in [2.24, 2.45) is 0 Å². The summed E-state index contributed by atoms with van der Waals surface area (Å²) in [7, 11) is 0.583. The number of H-pyrrole nitrogens is 1. The summed E-state index contributed by atoms with van der Waals surface area (Å²) in [5.41, 5.74) is 0. The molecule has 0 radical (unpaired) electrons. The van der Waals surface area contributed by atoms with Crippen LogP contribution < -0.4 is 0 Å². The normalized spacial score (nSPS) is 6.40. The number of hydrogen-bond acceptors (Lipinski definition) is 1. The molecule has 0 saturated carbocycles. The van der Waals surface area contributed by atoms with Gasteiger partial charge in [0.2, 0.25) is 0 Å². The second-order valence-corrected chi connectivity index (χ2v) is 0.919. The van der Waals surface area contributed by atoms with Gasteiger partial charge in [0.05, 0.1) is 0 Å². The van der Waals surface area contributed by atoms with Gasteiger partial charge in [-0.05, 0) is 0 Å². The Hall–Kier alpha value is 1.09. The summed E-state index contributed by atoms with van der Waals surface area (Å²) in [4.78, 5) is 2.53. The quantitative estimate of drug-likeness (QED) is 0.411. The molecule has 5 heteroatoms. The first-order valence-electron chi connectivity index (χ1n) is 0.658. The molecule has 22 valence electrons. The Balaban J connectivity index is 0. The fourth-order valence-electron chi connectivity index (χ4n) is 0. The van der Waals surface area contributed by atoms with Gasteiger partial charge in [0.15, 0.2) is 8.59 Å². The molecular formula is H4Li2NOP. The van der Waals surface area contributed by atoms with Crippen LogP contribution in [0.25, 0.3) is 0 Å². The molecule has 0 amide bonds. The maximum atomic E-state index is 4.28. The van der Waals surface area contributed by atoms with Crippen molar-refractivity contribution < 1.29 is 4.30 Å². The Morgan fingerprint density at radius 1 is 1.40 bits per heavy atom. The van der Waals surface area contributed by atoms with Crippen LogP contribution in [0.2, 0.25) is 0 Å². The van der Waals surface area contributed by atoms with Crippen LogP contribution in [0.1, 0.15) is 0 Å². The van der Waals surface area contributed by atoms with E-state index in [0.29, 0.717) is 8.59 Å². The average Bonchev–Trinajstić information content (AvgIpc) is 1.46. The molecule has 2 nitrogen and oxygen atoms in total. The Kier molecular flexibility index (Phi) is 9.61. The molecule has 1 unspecified atom stereocenters. The van der Waals surface area contributed by atoms with Crippen LogP contribution in [0.15, 0.2) is 4.30 Å². The summed E-state index contributed by atoms with van der Waals surface area (Å²) in [5.74, 6) is 0. The minimum absolute atomic E-state index is 0. The van der Waals surface area contributed by atoms with Crippen molar-refractivity contribution in [2.45, 2.75) is 0 Å². The largest absolute Gasteiger partial charge is 0.354 e. The molecule has 1 aromatic rings. The molecule has 0 aliphatic rings. The molecular weight excluding hydrogens is 74.9 g/mol. The van der Waals surface area contributed by atoms with Gasteiger partial charge in [0, 0.05) is 0 Å². The Morgan fingerprint density at radius 3 is 1.60 bits per heavy atom. The van der Waals surface area contributed by atoms with Gasteiger partial charge in [0.1, 0.15) is 0 Å². The first-order chi connectivity index (χ1) is 1.50. The number of nitrogens with one attached hydrogen (secondary N) is 1. The van der Waals surface area contributed by atoms with Crippen LogP contribution in [-0.4, -0.2) is 42.6 Å². The number of rotatable bonds is 0. The van der Waals surface area contributed by atoms with Gasteiger partial charge in [-0.3, -0.25) is 0 Å². The van der Waals surface area contributed by atoms with Gasteiger partial charge in [-0.1, -0.05) is 0 Å². The Bertz CT molecular complexity index is 37.7. The van der Waals surface area contributed by atoms with Crippen LogP contribution in [0, 0.1) is 0 Å². The summed E-state index contributed by atoms with van der Waals surface area (Å²) in [6.45, 7) is 0. The van der Waals surface area contributed by atoms with Gasteiger partial charge in [-0.2, -0.15) is 4.92 Å². The summed E-state index contributed by atoms with van der Waals surface area (Å²) in [6, 6.07) is 0. The maximum absolute atomic E-state index is 4.28. The monoisotopic (exact) mass is 79.0 g/mol. The zero-order valence-electron chi connectivity index (χ0n) is 1.41. The van der Waals surface area contributed by atoms with Gasteiger partial charge in [-0.25, -0.2) is 0 Å². The topological polar surface area (TPSA) is 28.9 Å². The molecule has 0 aliphatic carbocycles. The molecule has 0 bridgehead atoms.